The quantitative estimate of drug-likeness (QED) is 0.519. The first kappa shape index (κ1) is 13.9. The topological polar surface area (TPSA) is 55.4 Å². The molecule has 4 heteroatoms. The number of carbonyl (C=O) groups excluding carboxylic acids is 2. The summed E-state index contributed by atoms with van der Waals surface area (Å²) < 4.78 is 4.50. The Kier molecular flexibility index (Phi) is 7.68. The van der Waals surface area contributed by atoms with Crippen molar-refractivity contribution in [3.63, 3.8) is 0 Å². The minimum Gasteiger partial charge on any atom is -0.467 e. The molecular weight excluding hydrogens is 194 g/mol. The number of methoxy groups -OCH3 is 1. The van der Waals surface area contributed by atoms with Gasteiger partial charge in [-0.15, -0.1) is 0 Å². The van der Waals surface area contributed by atoms with Crippen LogP contribution in [0, 0.1) is 0 Å². The fourth-order valence-corrected chi connectivity index (χ4v) is 1.26. The van der Waals surface area contributed by atoms with E-state index in [1.807, 2.05) is 0 Å². The van der Waals surface area contributed by atoms with E-state index < -0.39 is 12.0 Å². The van der Waals surface area contributed by atoms with Crippen LogP contribution in [-0.2, 0) is 14.3 Å². The molecule has 1 N–H and O–H groups in total. The SMILES string of the molecule is CCCCCCC(=O)NC(C)C(=O)OC. The fraction of sp³-hybridized carbons (Fsp3) is 0.818. The maximum absolute atomic E-state index is 11.3. The minimum absolute atomic E-state index is 0.0796. The molecule has 0 fully saturated rings. The highest BCUT2D eigenvalue weighted by Crippen LogP contribution is 2.02. The number of ether oxygens (including phenoxy) is 1. The molecule has 0 aromatic rings. The van der Waals surface area contributed by atoms with Crippen LogP contribution in [0.1, 0.15) is 46.0 Å². The summed E-state index contributed by atoms with van der Waals surface area (Å²) in [5.74, 6) is -0.485. The first-order valence-corrected chi connectivity index (χ1v) is 5.49. The van der Waals surface area contributed by atoms with Gasteiger partial charge in [-0.25, -0.2) is 4.79 Å². The summed E-state index contributed by atoms with van der Waals surface area (Å²) in [6, 6.07) is -0.548. The van der Waals surface area contributed by atoms with Crippen molar-refractivity contribution in [2.45, 2.75) is 52.0 Å². The molecule has 0 heterocycles. The predicted octanol–water partition coefficient (Wildman–Crippen LogP) is 1.63. The Hall–Kier alpha value is -1.06. The van der Waals surface area contributed by atoms with E-state index in [0.29, 0.717) is 6.42 Å². The highest BCUT2D eigenvalue weighted by Gasteiger charge is 2.14. The number of amides is 1. The Morgan fingerprint density at radius 3 is 2.47 bits per heavy atom. The van der Waals surface area contributed by atoms with E-state index in [1.54, 1.807) is 6.92 Å². The molecule has 1 amide bonds. The average Bonchev–Trinajstić information content (AvgIpc) is 2.23. The Balaban J connectivity index is 3.60. The van der Waals surface area contributed by atoms with Gasteiger partial charge >= 0.3 is 5.97 Å². The maximum atomic E-state index is 11.3. The lowest BCUT2D eigenvalue weighted by atomic mass is 10.1. The fourth-order valence-electron chi connectivity index (χ4n) is 1.26. The van der Waals surface area contributed by atoms with Crippen LogP contribution in [0.2, 0.25) is 0 Å². The second kappa shape index (κ2) is 8.26. The first-order valence-electron chi connectivity index (χ1n) is 5.49. The molecule has 0 aliphatic heterocycles. The highest BCUT2D eigenvalue weighted by atomic mass is 16.5. The molecule has 0 rings (SSSR count). The summed E-state index contributed by atoms with van der Waals surface area (Å²) in [4.78, 5) is 22.3. The van der Waals surface area contributed by atoms with Crippen molar-refractivity contribution in [1.29, 1.82) is 0 Å². The van der Waals surface area contributed by atoms with Gasteiger partial charge < -0.3 is 10.1 Å². The third-order valence-electron chi connectivity index (χ3n) is 2.19. The van der Waals surface area contributed by atoms with Gasteiger partial charge in [-0.05, 0) is 13.3 Å². The lowest BCUT2D eigenvalue weighted by Crippen LogP contribution is -2.38. The van der Waals surface area contributed by atoms with E-state index >= 15 is 0 Å². The smallest absolute Gasteiger partial charge is 0.328 e. The van der Waals surface area contributed by atoms with E-state index in [0.717, 1.165) is 25.7 Å². The zero-order chi connectivity index (χ0) is 11.7. The normalized spacial score (nSPS) is 11.9. The molecule has 0 aliphatic carbocycles. The molecule has 0 saturated carbocycles. The number of hydrogen-bond acceptors (Lipinski definition) is 3. The van der Waals surface area contributed by atoms with Crippen LogP contribution >= 0.6 is 0 Å². The van der Waals surface area contributed by atoms with Gasteiger partial charge in [-0.2, -0.15) is 0 Å². The van der Waals surface area contributed by atoms with Crippen molar-refractivity contribution in [3.8, 4) is 0 Å². The summed E-state index contributed by atoms with van der Waals surface area (Å²) in [5, 5.41) is 2.59. The number of carbonyl (C=O) groups is 2. The van der Waals surface area contributed by atoms with Gasteiger partial charge in [-0.3, -0.25) is 4.79 Å². The van der Waals surface area contributed by atoms with Crippen LogP contribution in [0.15, 0.2) is 0 Å². The van der Waals surface area contributed by atoms with E-state index in [1.165, 1.54) is 7.11 Å². The molecule has 0 saturated heterocycles. The molecule has 0 bridgehead atoms. The van der Waals surface area contributed by atoms with Gasteiger partial charge in [0.2, 0.25) is 5.91 Å². The Morgan fingerprint density at radius 1 is 1.27 bits per heavy atom. The van der Waals surface area contributed by atoms with Gasteiger partial charge in [0, 0.05) is 6.42 Å². The Bertz CT molecular complexity index is 204. The number of nitrogens with one attached hydrogen (secondary N) is 1. The molecule has 0 spiro atoms. The molecule has 15 heavy (non-hydrogen) atoms. The van der Waals surface area contributed by atoms with Gasteiger partial charge in [0.15, 0.2) is 0 Å². The highest BCUT2D eigenvalue weighted by molar-refractivity contribution is 5.83. The lowest BCUT2D eigenvalue weighted by Gasteiger charge is -2.11. The van der Waals surface area contributed by atoms with Crippen LogP contribution in [0.3, 0.4) is 0 Å². The predicted molar refractivity (Wildman–Crippen MR) is 58.4 cm³/mol. The zero-order valence-corrected chi connectivity index (χ0v) is 9.84. The molecular formula is C11H21NO3. The van der Waals surface area contributed by atoms with E-state index in [2.05, 4.69) is 17.0 Å². The van der Waals surface area contributed by atoms with E-state index in [4.69, 9.17) is 0 Å². The van der Waals surface area contributed by atoms with Crippen molar-refractivity contribution in [1.82, 2.24) is 5.32 Å². The molecule has 1 atom stereocenters. The number of rotatable bonds is 7. The summed E-state index contributed by atoms with van der Waals surface area (Å²) in [7, 11) is 1.31. The van der Waals surface area contributed by atoms with Crippen molar-refractivity contribution in [3.05, 3.63) is 0 Å². The molecule has 0 aliphatic rings. The van der Waals surface area contributed by atoms with Gasteiger partial charge in [0.1, 0.15) is 6.04 Å². The van der Waals surface area contributed by atoms with Crippen molar-refractivity contribution in [2.24, 2.45) is 0 Å². The Morgan fingerprint density at radius 2 is 1.93 bits per heavy atom. The zero-order valence-electron chi connectivity index (χ0n) is 9.84. The molecule has 4 nitrogen and oxygen atoms in total. The maximum Gasteiger partial charge on any atom is 0.328 e. The van der Waals surface area contributed by atoms with E-state index in [9.17, 15) is 9.59 Å². The van der Waals surface area contributed by atoms with Crippen LogP contribution in [0.5, 0.6) is 0 Å². The molecule has 0 radical (unpaired) electrons. The van der Waals surface area contributed by atoms with Crippen LogP contribution < -0.4 is 5.32 Å². The molecule has 1 unspecified atom stereocenters. The van der Waals surface area contributed by atoms with Gasteiger partial charge in [0.25, 0.3) is 0 Å². The van der Waals surface area contributed by atoms with Crippen molar-refractivity contribution < 1.29 is 14.3 Å². The lowest BCUT2D eigenvalue weighted by molar-refractivity contribution is -0.144. The molecule has 0 aromatic heterocycles. The monoisotopic (exact) mass is 215 g/mol. The third kappa shape index (κ3) is 6.94. The number of hydrogen-bond donors (Lipinski definition) is 1. The van der Waals surface area contributed by atoms with Crippen molar-refractivity contribution in [2.75, 3.05) is 7.11 Å². The average molecular weight is 215 g/mol. The second-order valence-corrected chi connectivity index (χ2v) is 3.62. The molecule has 88 valence electrons. The van der Waals surface area contributed by atoms with Crippen molar-refractivity contribution >= 4 is 11.9 Å². The van der Waals surface area contributed by atoms with Crippen LogP contribution in [-0.4, -0.2) is 25.0 Å². The van der Waals surface area contributed by atoms with Crippen LogP contribution in [0.4, 0.5) is 0 Å². The summed E-state index contributed by atoms with van der Waals surface area (Å²) >= 11 is 0. The molecule has 0 aromatic carbocycles. The summed E-state index contributed by atoms with van der Waals surface area (Å²) in [6.07, 6.45) is 4.74. The van der Waals surface area contributed by atoms with E-state index in [-0.39, 0.29) is 5.91 Å². The number of esters is 1. The first-order chi connectivity index (χ1) is 7.11. The van der Waals surface area contributed by atoms with Gasteiger partial charge in [0.05, 0.1) is 7.11 Å². The third-order valence-corrected chi connectivity index (χ3v) is 2.19. The minimum atomic E-state index is -0.548. The second-order valence-electron chi connectivity index (χ2n) is 3.62. The summed E-state index contributed by atoms with van der Waals surface area (Å²) in [6.45, 7) is 3.75. The summed E-state index contributed by atoms with van der Waals surface area (Å²) in [5.41, 5.74) is 0. The van der Waals surface area contributed by atoms with Crippen LogP contribution in [0.25, 0.3) is 0 Å². The van der Waals surface area contributed by atoms with Gasteiger partial charge in [-0.1, -0.05) is 26.2 Å². The standard InChI is InChI=1S/C11H21NO3/c1-4-5-6-7-8-10(13)12-9(2)11(14)15-3/h9H,4-8H2,1-3H3,(H,12,13). The Labute approximate surface area is 91.4 Å². The number of unbranched alkanes of at least 4 members (excludes halogenated alkanes) is 3. The largest absolute Gasteiger partial charge is 0.467 e.